The van der Waals surface area contributed by atoms with Crippen molar-refractivity contribution < 1.29 is 13.9 Å². The number of nitrogens with one attached hydrogen (secondary N) is 2. The molecule has 1 aliphatic rings. The molecule has 2 N–H and O–H groups in total. The smallest absolute Gasteiger partial charge is 0.254 e. The second kappa shape index (κ2) is 7.15. The first kappa shape index (κ1) is 15.4. The van der Waals surface area contributed by atoms with Crippen molar-refractivity contribution >= 4 is 17.5 Å². The van der Waals surface area contributed by atoms with Crippen LogP contribution in [-0.4, -0.2) is 28.8 Å². The average Bonchev–Trinajstić information content (AvgIpc) is 3.10. The average molecular weight is 316 g/mol. The molecule has 0 saturated carbocycles. The van der Waals surface area contributed by atoms with Gasteiger partial charge in [-0.25, -0.2) is 4.39 Å². The number of ether oxygens (including phenoxy) is 1. The minimum absolute atomic E-state index is 0.205. The summed E-state index contributed by atoms with van der Waals surface area (Å²) in [5.41, 5.74) is 0.546. The number of benzene rings is 1. The number of hydrogen-bond acceptors (Lipinski definition) is 5. The van der Waals surface area contributed by atoms with Gasteiger partial charge in [0.2, 0.25) is 0 Å². The van der Waals surface area contributed by atoms with Crippen LogP contribution in [0.15, 0.2) is 36.4 Å². The van der Waals surface area contributed by atoms with E-state index < -0.39 is 6.10 Å². The van der Waals surface area contributed by atoms with Crippen molar-refractivity contribution in [3.05, 3.63) is 47.8 Å². The van der Waals surface area contributed by atoms with E-state index in [4.69, 9.17) is 4.74 Å². The molecule has 1 aromatic carbocycles. The van der Waals surface area contributed by atoms with E-state index in [0.29, 0.717) is 30.4 Å². The van der Waals surface area contributed by atoms with Crippen molar-refractivity contribution in [3.8, 4) is 0 Å². The summed E-state index contributed by atoms with van der Waals surface area (Å²) in [5, 5.41) is 13.6. The van der Waals surface area contributed by atoms with Crippen LogP contribution in [0.1, 0.15) is 18.4 Å². The third-order valence-electron chi connectivity index (χ3n) is 3.56. The third kappa shape index (κ3) is 4.01. The largest absolute Gasteiger partial charge is 0.368 e. The van der Waals surface area contributed by atoms with E-state index in [-0.39, 0.29) is 11.7 Å². The number of carbonyl (C=O) groups is 1. The molecule has 1 aliphatic heterocycles. The van der Waals surface area contributed by atoms with Gasteiger partial charge < -0.3 is 15.4 Å². The van der Waals surface area contributed by atoms with Gasteiger partial charge in [-0.05, 0) is 31.0 Å². The Hall–Kier alpha value is -2.54. The van der Waals surface area contributed by atoms with E-state index in [1.165, 1.54) is 6.07 Å². The Morgan fingerprint density at radius 2 is 2.00 bits per heavy atom. The molecule has 1 aromatic heterocycles. The summed E-state index contributed by atoms with van der Waals surface area (Å²) in [6.45, 7) is 0.922. The molecule has 2 aromatic rings. The zero-order chi connectivity index (χ0) is 16.1. The van der Waals surface area contributed by atoms with Gasteiger partial charge in [-0.2, -0.15) is 0 Å². The minimum Gasteiger partial charge on any atom is -0.368 e. The van der Waals surface area contributed by atoms with Gasteiger partial charge in [0.05, 0.1) is 0 Å². The lowest BCUT2D eigenvalue weighted by atomic mass is 10.2. The Kier molecular flexibility index (Phi) is 4.77. The first-order chi connectivity index (χ1) is 11.2. The SMILES string of the molecule is O=C(Nc1ccc(NCc2ccccc2F)nn1)C1CCCO1. The fourth-order valence-corrected chi connectivity index (χ4v) is 2.31. The minimum atomic E-state index is -0.407. The Bertz CT molecular complexity index is 672. The molecule has 6 nitrogen and oxygen atoms in total. The molecule has 2 heterocycles. The summed E-state index contributed by atoms with van der Waals surface area (Å²) in [6, 6.07) is 9.85. The van der Waals surface area contributed by atoms with Crippen LogP contribution in [-0.2, 0) is 16.1 Å². The van der Waals surface area contributed by atoms with Gasteiger partial charge in [0.25, 0.3) is 5.91 Å². The molecular weight excluding hydrogens is 299 g/mol. The summed E-state index contributed by atoms with van der Waals surface area (Å²) in [4.78, 5) is 11.9. The monoisotopic (exact) mass is 316 g/mol. The zero-order valence-corrected chi connectivity index (χ0v) is 12.5. The Labute approximate surface area is 133 Å². The summed E-state index contributed by atoms with van der Waals surface area (Å²) in [6.07, 6.45) is 1.21. The van der Waals surface area contributed by atoms with E-state index in [1.54, 1.807) is 30.3 Å². The highest BCUT2D eigenvalue weighted by Gasteiger charge is 2.23. The maximum absolute atomic E-state index is 13.5. The van der Waals surface area contributed by atoms with E-state index in [1.807, 2.05) is 0 Å². The highest BCUT2D eigenvalue weighted by atomic mass is 19.1. The number of aromatic nitrogens is 2. The fourth-order valence-electron chi connectivity index (χ4n) is 2.31. The molecule has 7 heteroatoms. The number of rotatable bonds is 5. The standard InChI is InChI=1S/C16H17FN4O2/c17-12-5-2-1-4-11(12)10-18-14-7-8-15(21-20-14)19-16(22)13-6-3-9-23-13/h1-2,4-5,7-8,13H,3,6,9-10H2,(H,18,20)(H,19,21,22). The normalized spacial score (nSPS) is 17.0. The molecule has 3 rings (SSSR count). The van der Waals surface area contributed by atoms with Crippen molar-refractivity contribution in [1.29, 1.82) is 0 Å². The van der Waals surface area contributed by atoms with Gasteiger partial charge in [-0.1, -0.05) is 18.2 Å². The van der Waals surface area contributed by atoms with Crippen molar-refractivity contribution in [2.24, 2.45) is 0 Å². The van der Waals surface area contributed by atoms with Gasteiger partial charge in [0.15, 0.2) is 5.82 Å². The Morgan fingerprint density at radius 1 is 1.22 bits per heavy atom. The first-order valence-corrected chi connectivity index (χ1v) is 7.46. The number of hydrogen-bond donors (Lipinski definition) is 2. The van der Waals surface area contributed by atoms with Crippen LogP contribution in [0.2, 0.25) is 0 Å². The van der Waals surface area contributed by atoms with E-state index in [2.05, 4.69) is 20.8 Å². The molecule has 120 valence electrons. The maximum atomic E-state index is 13.5. The number of carbonyl (C=O) groups excluding carboxylic acids is 1. The number of anilines is 2. The lowest BCUT2D eigenvalue weighted by molar-refractivity contribution is -0.124. The lowest BCUT2D eigenvalue weighted by Crippen LogP contribution is -2.27. The fraction of sp³-hybridized carbons (Fsp3) is 0.312. The Morgan fingerprint density at radius 3 is 2.70 bits per heavy atom. The highest BCUT2D eigenvalue weighted by Crippen LogP contribution is 2.15. The van der Waals surface area contributed by atoms with E-state index >= 15 is 0 Å². The summed E-state index contributed by atoms with van der Waals surface area (Å²) in [7, 11) is 0. The second-order valence-electron chi connectivity index (χ2n) is 5.24. The molecule has 1 saturated heterocycles. The highest BCUT2D eigenvalue weighted by molar-refractivity contribution is 5.93. The van der Waals surface area contributed by atoms with Gasteiger partial charge >= 0.3 is 0 Å². The first-order valence-electron chi connectivity index (χ1n) is 7.46. The molecule has 1 fully saturated rings. The summed E-state index contributed by atoms with van der Waals surface area (Å²) < 4.78 is 18.8. The Balaban J connectivity index is 1.54. The van der Waals surface area contributed by atoms with Crippen LogP contribution < -0.4 is 10.6 Å². The predicted molar refractivity (Wildman–Crippen MR) is 83.4 cm³/mol. The van der Waals surface area contributed by atoms with Gasteiger partial charge in [0, 0.05) is 18.7 Å². The van der Waals surface area contributed by atoms with Crippen LogP contribution in [0.4, 0.5) is 16.0 Å². The van der Waals surface area contributed by atoms with Gasteiger partial charge in [-0.15, -0.1) is 10.2 Å². The zero-order valence-electron chi connectivity index (χ0n) is 12.5. The topological polar surface area (TPSA) is 76.1 Å². The van der Waals surface area contributed by atoms with Gasteiger partial charge in [0.1, 0.15) is 17.7 Å². The van der Waals surface area contributed by atoms with E-state index in [9.17, 15) is 9.18 Å². The third-order valence-corrected chi connectivity index (χ3v) is 3.56. The quantitative estimate of drug-likeness (QED) is 0.885. The summed E-state index contributed by atoms with van der Waals surface area (Å²) >= 11 is 0. The maximum Gasteiger partial charge on any atom is 0.254 e. The van der Waals surface area contributed by atoms with Gasteiger partial charge in [-0.3, -0.25) is 4.79 Å². The van der Waals surface area contributed by atoms with Crippen molar-refractivity contribution in [2.45, 2.75) is 25.5 Å². The van der Waals surface area contributed by atoms with Crippen molar-refractivity contribution in [1.82, 2.24) is 10.2 Å². The summed E-state index contributed by atoms with van der Waals surface area (Å²) in [5.74, 6) is 0.391. The van der Waals surface area contributed by atoms with Crippen molar-refractivity contribution in [2.75, 3.05) is 17.2 Å². The predicted octanol–water partition coefficient (Wildman–Crippen LogP) is 2.35. The lowest BCUT2D eigenvalue weighted by Gasteiger charge is -2.10. The number of nitrogens with zero attached hydrogens (tertiary/aromatic N) is 2. The van der Waals surface area contributed by atoms with Crippen molar-refractivity contribution in [3.63, 3.8) is 0 Å². The van der Waals surface area contributed by atoms with E-state index in [0.717, 1.165) is 12.8 Å². The molecule has 1 atom stereocenters. The van der Waals surface area contributed by atoms with Crippen LogP contribution in [0.3, 0.4) is 0 Å². The number of halogens is 1. The second-order valence-corrected chi connectivity index (χ2v) is 5.24. The van der Waals surface area contributed by atoms with Crippen LogP contribution in [0.25, 0.3) is 0 Å². The molecule has 1 unspecified atom stereocenters. The van der Waals surface area contributed by atoms with Crippen LogP contribution in [0, 0.1) is 5.82 Å². The molecule has 1 amide bonds. The molecule has 0 aliphatic carbocycles. The molecular formula is C16H17FN4O2. The number of amides is 1. The molecule has 0 radical (unpaired) electrons. The molecule has 23 heavy (non-hydrogen) atoms. The molecule has 0 spiro atoms. The molecule has 0 bridgehead atoms. The van der Waals surface area contributed by atoms with Crippen LogP contribution >= 0.6 is 0 Å². The van der Waals surface area contributed by atoms with Crippen LogP contribution in [0.5, 0.6) is 0 Å².